The number of aliphatic hydroxyl groups excluding tert-OH is 1. The first-order valence-electron chi connectivity index (χ1n) is 9.32. The van der Waals surface area contributed by atoms with Crippen LogP contribution in [-0.4, -0.2) is 49.3 Å². The van der Waals surface area contributed by atoms with Gasteiger partial charge in [-0.2, -0.15) is 0 Å². The molecule has 1 aliphatic carbocycles. The number of hydrogen-bond acceptors (Lipinski definition) is 3. The summed E-state index contributed by atoms with van der Waals surface area (Å²) >= 11 is 0. The van der Waals surface area contributed by atoms with Gasteiger partial charge in [0, 0.05) is 26.2 Å². The first-order valence-corrected chi connectivity index (χ1v) is 9.32. The summed E-state index contributed by atoms with van der Waals surface area (Å²) in [6.07, 6.45) is 12.1. The number of nitrogens with zero attached hydrogens (tertiary/aromatic N) is 1. The molecule has 1 atom stereocenters. The Labute approximate surface area is 131 Å². The van der Waals surface area contributed by atoms with E-state index < -0.39 is 0 Å². The van der Waals surface area contributed by atoms with Crippen molar-refractivity contribution in [1.29, 1.82) is 0 Å². The molecular formula is C18H36N2O. The lowest BCUT2D eigenvalue weighted by molar-refractivity contribution is 0.0814. The molecule has 0 aromatic heterocycles. The van der Waals surface area contributed by atoms with Gasteiger partial charge in [0.05, 0.1) is 0 Å². The van der Waals surface area contributed by atoms with Gasteiger partial charge >= 0.3 is 0 Å². The molecule has 2 aliphatic rings. The van der Waals surface area contributed by atoms with E-state index >= 15 is 0 Å². The largest absolute Gasteiger partial charge is 0.396 e. The number of rotatable bonds is 7. The Bertz CT molecular complexity index is 272. The van der Waals surface area contributed by atoms with Gasteiger partial charge in [-0.3, -0.25) is 0 Å². The molecule has 0 bridgehead atoms. The van der Waals surface area contributed by atoms with Crippen molar-refractivity contribution >= 4 is 0 Å². The van der Waals surface area contributed by atoms with Crippen molar-refractivity contribution in [2.24, 2.45) is 11.3 Å². The second-order valence-corrected chi connectivity index (χ2v) is 7.45. The van der Waals surface area contributed by atoms with Crippen LogP contribution >= 0.6 is 0 Å². The van der Waals surface area contributed by atoms with Crippen molar-refractivity contribution in [2.75, 3.05) is 39.3 Å². The quantitative estimate of drug-likeness (QED) is 0.709. The SMILES string of the molecule is CCNCC1(CN2CCCC(CCO)C2)CCCCCC1. The van der Waals surface area contributed by atoms with Crippen molar-refractivity contribution in [3.63, 3.8) is 0 Å². The average molecular weight is 296 g/mol. The zero-order valence-corrected chi connectivity index (χ0v) is 14.1. The predicted octanol–water partition coefficient (Wildman–Crippen LogP) is 3.03. The van der Waals surface area contributed by atoms with Gasteiger partial charge in [0.15, 0.2) is 0 Å². The van der Waals surface area contributed by atoms with Crippen LogP contribution in [0.4, 0.5) is 0 Å². The molecule has 3 heteroatoms. The Morgan fingerprint density at radius 2 is 1.90 bits per heavy atom. The van der Waals surface area contributed by atoms with Gasteiger partial charge in [-0.05, 0) is 56.5 Å². The fourth-order valence-electron chi connectivity index (χ4n) is 4.45. The number of piperidine rings is 1. The van der Waals surface area contributed by atoms with E-state index in [0.717, 1.165) is 18.9 Å². The second-order valence-electron chi connectivity index (χ2n) is 7.45. The third-order valence-electron chi connectivity index (χ3n) is 5.61. The van der Waals surface area contributed by atoms with E-state index in [1.165, 1.54) is 77.5 Å². The first-order chi connectivity index (χ1) is 10.3. The second kappa shape index (κ2) is 9.12. The topological polar surface area (TPSA) is 35.5 Å². The molecular weight excluding hydrogens is 260 g/mol. The third kappa shape index (κ3) is 5.54. The molecule has 2 fully saturated rings. The Morgan fingerprint density at radius 1 is 1.14 bits per heavy atom. The van der Waals surface area contributed by atoms with Crippen LogP contribution in [0.3, 0.4) is 0 Å². The monoisotopic (exact) mass is 296 g/mol. The summed E-state index contributed by atoms with van der Waals surface area (Å²) in [6.45, 7) is 8.65. The number of hydrogen-bond donors (Lipinski definition) is 2. The summed E-state index contributed by atoms with van der Waals surface area (Å²) in [4.78, 5) is 2.71. The van der Waals surface area contributed by atoms with Crippen molar-refractivity contribution in [1.82, 2.24) is 10.2 Å². The molecule has 2 N–H and O–H groups in total. The van der Waals surface area contributed by atoms with E-state index in [4.69, 9.17) is 0 Å². The summed E-state index contributed by atoms with van der Waals surface area (Å²) in [6, 6.07) is 0. The maximum absolute atomic E-state index is 9.20. The predicted molar refractivity (Wildman–Crippen MR) is 89.5 cm³/mol. The molecule has 1 saturated carbocycles. The van der Waals surface area contributed by atoms with Crippen LogP contribution in [-0.2, 0) is 0 Å². The summed E-state index contributed by atoms with van der Waals surface area (Å²) in [5.41, 5.74) is 0.508. The molecule has 124 valence electrons. The minimum Gasteiger partial charge on any atom is -0.396 e. The molecule has 1 heterocycles. The molecule has 2 rings (SSSR count). The highest BCUT2D eigenvalue weighted by Crippen LogP contribution is 2.36. The highest BCUT2D eigenvalue weighted by molar-refractivity contribution is 4.88. The van der Waals surface area contributed by atoms with Crippen LogP contribution in [0, 0.1) is 11.3 Å². The lowest BCUT2D eigenvalue weighted by Gasteiger charge is -2.41. The highest BCUT2D eigenvalue weighted by atomic mass is 16.3. The van der Waals surface area contributed by atoms with E-state index in [-0.39, 0.29) is 0 Å². The zero-order valence-electron chi connectivity index (χ0n) is 14.1. The summed E-state index contributed by atoms with van der Waals surface area (Å²) in [5, 5.41) is 12.8. The normalized spacial score (nSPS) is 27.4. The standard InChI is InChI=1S/C18H36N2O/c1-2-19-15-18(10-5-3-4-6-11-18)16-20-12-7-8-17(14-20)9-13-21/h17,19,21H,2-16H2,1H3. The smallest absolute Gasteiger partial charge is 0.0434 e. The maximum atomic E-state index is 9.20. The first kappa shape index (κ1) is 17.2. The molecule has 0 aromatic carbocycles. The van der Waals surface area contributed by atoms with Crippen molar-refractivity contribution in [3.05, 3.63) is 0 Å². The lowest BCUT2D eigenvalue weighted by atomic mass is 9.78. The van der Waals surface area contributed by atoms with Gasteiger partial charge in [0.1, 0.15) is 0 Å². The molecule has 1 aliphatic heterocycles. The fourth-order valence-corrected chi connectivity index (χ4v) is 4.45. The van der Waals surface area contributed by atoms with E-state index in [1.807, 2.05) is 0 Å². The number of aliphatic hydroxyl groups is 1. The molecule has 21 heavy (non-hydrogen) atoms. The van der Waals surface area contributed by atoms with E-state index in [1.54, 1.807) is 0 Å². The van der Waals surface area contributed by atoms with Crippen molar-refractivity contribution in [3.8, 4) is 0 Å². The summed E-state index contributed by atoms with van der Waals surface area (Å²) < 4.78 is 0. The minimum atomic E-state index is 0.362. The Kier molecular flexibility index (Phi) is 7.48. The van der Waals surface area contributed by atoms with Crippen LogP contribution < -0.4 is 5.32 Å². The average Bonchev–Trinajstić information content (AvgIpc) is 2.72. The molecule has 0 radical (unpaired) electrons. The van der Waals surface area contributed by atoms with Crippen LogP contribution in [0.1, 0.15) is 64.7 Å². The van der Waals surface area contributed by atoms with Gasteiger partial charge < -0.3 is 15.3 Å². The lowest BCUT2D eigenvalue weighted by Crippen LogP contribution is -2.47. The molecule has 1 unspecified atom stereocenters. The summed E-state index contributed by atoms with van der Waals surface area (Å²) in [7, 11) is 0. The molecule has 1 saturated heterocycles. The maximum Gasteiger partial charge on any atom is 0.0434 e. The van der Waals surface area contributed by atoms with E-state index in [2.05, 4.69) is 17.1 Å². The Morgan fingerprint density at radius 3 is 2.57 bits per heavy atom. The van der Waals surface area contributed by atoms with Crippen LogP contribution in [0.15, 0.2) is 0 Å². The zero-order chi connectivity index (χ0) is 15.0. The minimum absolute atomic E-state index is 0.362. The van der Waals surface area contributed by atoms with Gasteiger partial charge in [-0.25, -0.2) is 0 Å². The van der Waals surface area contributed by atoms with Gasteiger partial charge in [-0.1, -0.05) is 32.6 Å². The Balaban J connectivity index is 1.93. The van der Waals surface area contributed by atoms with E-state index in [9.17, 15) is 5.11 Å². The molecule has 3 nitrogen and oxygen atoms in total. The fraction of sp³-hybridized carbons (Fsp3) is 1.00. The third-order valence-corrected chi connectivity index (χ3v) is 5.61. The van der Waals surface area contributed by atoms with Crippen molar-refractivity contribution in [2.45, 2.75) is 64.7 Å². The molecule has 0 spiro atoms. The van der Waals surface area contributed by atoms with Crippen LogP contribution in [0.2, 0.25) is 0 Å². The van der Waals surface area contributed by atoms with Crippen LogP contribution in [0.25, 0.3) is 0 Å². The number of nitrogens with one attached hydrogen (secondary N) is 1. The van der Waals surface area contributed by atoms with Gasteiger partial charge in [0.25, 0.3) is 0 Å². The van der Waals surface area contributed by atoms with Gasteiger partial charge in [-0.15, -0.1) is 0 Å². The summed E-state index contributed by atoms with van der Waals surface area (Å²) in [5.74, 6) is 0.728. The van der Waals surface area contributed by atoms with Crippen molar-refractivity contribution < 1.29 is 5.11 Å². The van der Waals surface area contributed by atoms with Crippen LogP contribution in [0.5, 0.6) is 0 Å². The molecule has 0 aromatic rings. The highest BCUT2D eigenvalue weighted by Gasteiger charge is 2.33. The van der Waals surface area contributed by atoms with Gasteiger partial charge in [0.2, 0.25) is 0 Å². The molecule has 0 amide bonds. The van der Waals surface area contributed by atoms with E-state index in [0.29, 0.717) is 12.0 Å². The Hall–Kier alpha value is -0.120. The number of likely N-dealkylation sites (tertiary alicyclic amines) is 1.